The van der Waals surface area contributed by atoms with Crippen LogP contribution < -0.4 is 15.4 Å². The summed E-state index contributed by atoms with van der Waals surface area (Å²) >= 11 is 0. The largest absolute Gasteiger partial charge is 0.496 e. The van der Waals surface area contributed by atoms with Gasteiger partial charge in [0.15, 0.2) is 5.96 Å². The lowest BCUT2D eigenvalue weighted by atomic mass is 10.0. The van der Waals surface area contributed by atoms with Crippen LogP contribution in [0.1, 0.15) is 24.2 Å². The number of rotatable bonds is 9. The van der Waals surface area contributed by atoms with E-state index in [0.717, 1.165) is 42.5 Å². The van der Waals surface area contributed by atoms with E-state index in [9.17, 15) is 0 Å². The Morgan fingerprint density at radius 3 is 2.59 bits per heavy atom. The van der Waals surface area contributed by atoms with Gasteiger partial charge >= 0.3 is 0 Å². The minimum Gasteiger partial charge on any atom is -0.496 e. The van der Waals surface area contributed by atoms with Crippen LogP contribution in [0.2, 0.25) is 0 Å². The molecule has 1 aromatic carbocycles. The van der Waals surface area contributed by atoms with Gasteiger partial charge in [0.2, 0.25) is 0 Å². The molecule has 2 rings (SSSR count). The van der Waals surface area contributed by atoms with Gasteiger partial charge in [0, 0.05) is 37.0 Å². The van der Waals surface area contributed by atoms with E-state index in [-0.39, 0.29) is 6.04 Å². The second-order valence-electron chi connectivity index (χ2n) is 6.44. The van der Waals surface area contributed by atoms with Crippen LogP contribution in [0.4, 0.5) is 0 Å². The van der Waals surface area contributed by atoms with Crippen molar-refractivity contribution in [2.75, 3.05) is 40.8 Å². The Morgan fingerprint density at radius 1 is 1.15 bits per heavy atom. The fourth-order valence-electron chi connectivity index (χ4n) is 2.86. The van der Waals surface area contributed by atoms with Crippen molar-refractivity contribution in [3.63, 3.8) is 0 Å². The molecule has 2 N–H and O–H groups in total. The molecule has 2 aromatic rings. The summed E-state index contributed by atoms with van der Waals surface area (Å²) in [5.74, 6) is 1.70. The van der Waals surface area contributed by atoms with Crippen LogP contribution >= 0.6 is 0 Å². The molecule has 27 heavy (non-hydrogen) atoms. The third-order valence-corrected chi connectivity index (χ3v) is 4.29. The molecule has 0 aliphatic carbocycles. The lowest BCUT2D eigenvalue weighted by Crippen LogP contribution is -2.39. The fourth-order valence-corrected chi connectivity index (χ4v) is 2.86. The molecule has 1 aromatic heterocycles. The number of para-hydroxylation sites is 1. The molecule has 6 nitrogen and oxygen atoms in total. The van der Waals surface area contributed by atoms with Crippen molar-refractivity contribution in [2.45, 2.75) is 19.4 Å². The summed E-state index contributed by atoms with van der Waals surface area (Å²) in [6, 6.07) is 14.2. The number of guanidine groups is 1. The number of methoxy groups -OCH3 is 1. The van der Waals surface area contributed by atoms with E-state index in [1.165, 1.54) is 0 Å². The van der Waals surface area contributed by atoms with Crippen molar-refractivity contribution in [2.24, 2.45) is 4.99 Å². The molecular formula is C21H31N5O. The van der Waals surface area contributed by atoms with Crippen LogP contribution in [-0.4, -0.2) is 56.7 Å². The average molecular weight is 370 g/mol. The zero-order valence-corrected chi connectivity index (χ0v) is 16.8. The fraction of sp³-hybridized carbons (Fsp3) is 0.429. The Morgan fingerprint density at radius 2 is 1.93 bits per heavy atom. The summed E-state index contributed by atoms with van der Waals surface area (Å²) in [6.07, 6.45) is 2.68. The Hall–Kier alpha value is -2.60. The molecule has 0 saturated carbocycles. The highest BCUT2D eigenvalue weighted by molar-refractivity contribution is 5.79. The van der Waals surface area contributed by atoms with Gasteiger partial charge in [0.05, 0.1) is 19.7 Å². The minimum absolute atomic E-state index is 0.132. The summed E-state index contributed by atoms with van der Waals surface area (Å²) < 4.78 is 5.53. The molecule has 0 spiro atoms. The summed E-state index contributed by atoms with van der Waals surface area (Å²) in [5.41, 5.74) is 2.21. The topological polar surface area (TPSA) is 61.8 Å². The second kappa shape index (κ2) is 11.2. The second-order valence-corrected chi connectivity index (χ2v) is 6.44. The van der Waals surface area contributed by atoms with E-state index in [1.54, 1.807) is 7.11 Å². The molecular weight excluding hydrogens is 338 g/mol. The maximum atomic E-state index is 5.53. The van der Waals surface area contributed by atoms with Crippen LogP contribution in [0.3, 0.4) is 0 Å². The van der Waals surface area contributed by atoms with Gasteiger partial charge in [0.1, 0.15) is 5.75 Å². The van der Waals surface area contributed by atoms with Gasteiger partial charge in [-0.05, 0) is 39.2 Å². The first kappa shape index (κ1) is 20.7. The van der Waals surface area contributed by atoms with E-state index in [0.29, 0.717) is 6.54 Å². The van der Waals surface area contributed by atoms with Crippen molar-refractivity contribution in [1.82, 2.24) is 20.5 Å². The molecule has 0 aliphatic heterocycles. The molecule has 0 saturated heterocycles. The number of pyridine rings is 1. The van der Waals surface area contributed by atoms with E-state index in [2.05, 4.69) is 47.6 Å². The Labute approximate surface area is 162 Å². The number of aliphatic imine (C=N–C) groups is 1. The summed E-state index contributed by atoms with van der Waals surface area (Å²) in [6.45, 7) is 4.30. The van der Waals surface area contributed by atoms with Gasteiger partial charge in [-0.15, -0.1) is 0 Å². The normalized spacial score (nSPS) is 12.7. The molecule has 1 heterocycles. The molecule has 0 amide bonds. The highest BCUT2D eigenvalue weighted by atomic mass is 16.5. The van der Waals surface area contributed by atoms with Crippen LogP contribution in [0.15, 0.2) is 53.7 Å². The van der Waals surface area contributed by atoms with E-state index in [1.807, 2.05) is 42.6 Å². The van der Waals surface area contributed by atoms with E-state index < -0.39 is 0 Å². The van der Waals surface area contributed by atoms with Gasteiger partial charge in [-0.1, -0.05) is 24.3 Å². The molecule has 146 valence electrons. The smallest absolute Gasteiger partial charge is 0.191 e. The number of nitrogens with one attached hydrogen (secondary N) is 2. The van der Waals surface area contributed by atoms with Crippen molar-refractivity contribution in [3.8, 4) is 5.75 Å². The number of likely N-dealkylation sites (N-methyl/N-ethyl adjacent to an activating group) is 1. The van der Waals surface area contributed by atoms with Crippen molar-refractivity contribution in [3.05, 3.63) is 59.9 Å². The Kier molecular flexibility index (Phi) is 8.58. The minimum atomic E-state index is 0.132. The third-order valence-electron chi connectivity index (χ3n) is 4.29. The molecule has 0 fully saturated rings. The van der Waals surface area contributed by atoms with E-state index in [4.69, 9.17) is 9.73 Å². The quantitative estimate of drug-likeness (QED) is 0.525. The first-order valence-corrected chi connectivity index (χ1v) is 9.37. The number of nitrogens with zero attached hydrogens (tertiary/aromatic N) is 3. The van der Waals surface area contributed by atoms with Crippen molar-refractivity contribution >= 4 is 5.96 Å². The van der Waals surface area contributed by atoms with Gasteiger partial charge in [-0.25, -0.2) is 0 Å². The molecule has 1 unspecified atom stereocenters. The average Bonchev–Trinajstić information content (AvgIpc) is 2.69. The van der Waals surface area contributed by atoms with E-state index >= 15 is 0 Å². The van der Waals surface area contributed by atoms with Crippen LogP contribution in [0.5, 0.6) is 5.75 Å². The third kappa shape index (κ3) is 6.57. The molecule has 0 bridgehead atoms. The predicted molar refractivity (Wildman–Crippen MR) is 111 cm³/mol. The van der Waals surface area contributed by atoms with Gasteiger partial charge in [0.25, 0.3) is 0 Å². The number of hydrogen-bond acceptors (Lipinski definition) is 4. The number of hydrogen-bond donors (Lipinski definition) is 2. The highest BCUT2D eigenvalue weighted by Gasteiger charge is 2.18. The number of ether oxygens (including phenoxy) is 1. The molecule has 1 atom stereocenters. The van der Waals surface area contributed by atoms with Gasteiger partial charge in [-0.3, -0.25) is 9.98 Å². The van der Waals surface area contributed by atoms with Crippen LogP contribution in [0.25, 0.3) is 0 Å². The SMILES string of the molecule is CCNC(=NCC(c1ccccc1OC)N(C)C)NCCc1ccccn1. The highest BCUT2D eigenvalue weighted by Crippen LogP contribution is 2.28. The van der Waals surface area contributed by atoms with Crippen molar-refractivity contribution < 1.29 is 4.74 Å². The monoisotopic (exact) mass is 369 g/mol. The Balaban J connectivity index is 2.03. The first-order chi connectivity index (χ1) is 13.2. The Bertz CT molecular complexity index is 703. The molecule has 0 aliphatic rings. The van der Waals surface area contributed by atoms with Gasteiger partial charge < -0.3 is 20.3 Å². The predicted octanol–water partition coefficient (Wildman–Crippen LogP) is 2.49. The summed E-state index contributed by atoms with van der Waals surface area (Å²) in [7, 11) is 5.83. The standard InChI is InChI=1S/C21H31N5O/c1-5-22-21(24-15-13-17-10-8-9-14-23-17)25-16-19(26(2)3)18-11-6-7-12-20(18)27-4/h6-12,14,19H,5,13,15-16H2,1-4H3,(H2,22,24,25). The number of benzene rings is 1. The number of aromatic nitrogens is 1. The molecule has 6 heteroatoms. The molecule has 0 radical (unpaired) electrons. The lowest BCUT2D eigenvalue weighted by Gasteiger charge is -2.25. The maximum absolute atomic E-state index is 5.53. The van der Waals surface area contributed by atoms with Crippen LogP contribution in [0, 0.1) is 0 Å². The van der Waals surface area contributed by atoms with Gasteiger partial charge in [-0.2, -0.15) is 0 Å². The zero-order valence-electron chi connectivity index (χ0n) is 16.8. The lowest BCUT2D eigenvalue weighted by molar-refractivity contribution is 0.295. The summed E-state index contributed by atoms with van der Waals surface area (Å²) in [5, 5.41) is 6.70. The summed E-state index contributed by atoms with van der Waals surface area (Å²) in [4.78, 5) is 11.3. The van der Waals surface area contributed by atoms with Crippen LogP contribution in [-0.2, 0) is 6.42 Å². The first-order valence-electron chi connectivity index (χ1n) is 9.37. The zero-order chi connectivity index (χ0) is 19.5. The van der Waals surface area contributed by atoms with Crippen molar-refractivity contribution in [1.29, 1.82) is 0 Å². The maximum Gasteiger partial charge on any atom is 0.191 e.